The second kappa shape index (κ2) is 5.13. The molecule has 104 valence electrons. The van der Waals surface area contributed by atoms with Gasteiger partial charge in [0.1, 0.15) is 22.8 Å². The van der Waals surface area contributed by atoms with Crippen molar-refractivity contribution in [3.05, 3.63) is 47.0 Å². The van der Waals surface area contributed by atoms with Gasteiger partial charge in [0.15, 0.2) is 0 Å². The number of hydrogen-bond donors (Lipinski definition) is 4. The molecule has 0 bridgehead atoms. The third-order valence-corrected chi connectivity index (χ3v) is 3.04. The summed E-state index contributed by atoms with van der Waals surface area (Å²) in [6.07, 6.45) is 0. The van der Waals surface area contributed by atoms with E-state index in [-0.39, 0.29) is 22.8 Å². The lowest BCUT2D eigenvalue weighted by atomic mass is 10.1. The molecule has 0 aliphatic heterocycles. The topological polar surface area (TPSA) is 89.8 Å². The van der Waals surface area contributed by atoms with Crippen molar-refractivity contribution < 1.29 is 20.1 Å². The number of anilines is 1. The molecule has 20 heavy (non-hydrogen) atoms. The average Bonchev–Trinajstić information content (AvgIpc) is 2.35. The molecule has 4 N–H and O–H groups in total. The Morgan fingerprint density at radius 2 is 1.55 bits per heavy atom. The van der Waals surface area contributed by atoms with Crippen molar-refractivity contribution in [1.82, 2.24) is 0 Å². The van der Waals surface area contributed by atoms with Crippen molar-refractivity contribution in [3.63, 3.8) is 0 Å². The largest absolute Gasteiger partial charge is 0.508 e. The van der Waals surface area contributed by atoms with Crippen molar-refractivity contribution >= 4 is 11.6 Å². The van der Waals surface area contributed by atoms with Gasteiger partial charge in [-0.1, -0.05) is 6.07 Å². The maximum absolute atomic E-state index is 12.1. The third kappa shape index (κ3) is 2.51. The number of hydrogen-bond acceptors (Lipinski definition) is 4. The molecule has 0 heterocycles. The highest BCUT2D eigenvalue weighted by molar-refractivity contribution is 6.08. The smallest absolute Gasteiger partial charge is 0.263 e. The van der Waals surface area contributed by atoms with E-state index in [2.05, 4.69) is 5.32 Å². The van der Waals surface area contributed by atoms with Crippen molar-refractivity contribution in [2.24, 2.45) is 0 Å². The SMILES string of the molecule is Cc1cc(NC(=O)c2c(O)cccc2O)c(C)cc1O. The van der Waals surface area contributed by atoms with Crippen LogP contribution in [0.1, 0.15) is 21.5 Å². The molecule has 0 radical (unpaired) electrons. The minimum absolute atomic E-state index is 0.144. The van der Waals surface area contributed by atoms with Crippen molar-refractivity contribution in [1.29, 1.82) is 0 Å². The molecule has 2 rings (SSSR count). The molecule has 0 saturated heterocycles. The van der Waals surface area contributed by atoms with Crippen LogP contribution < -0.4 is 5.32 Å². The Kier molecular flexibility index (Phi) is 3.52. The van der Waals surface area contributed by atoms with E-state index in [0.29, 0.717) is 16.8 Å². The molecule has 0 aliphatic carbocycles. The molecule has 0 aliphatic rings. The van der Waals surface area contributed by atoms with E-state index in [9.17, 15) is 20.1 Å². The maximum Gasteiger partial charge on any atom is 0.263 e. The molecule has 5 heteroatoms. The Balaban J connectivity index is 2.35. The first-order valence-corrected chi connectivity index (χ1v) is 6.02. The molecule has 0 fully saturated rings. The van der Waals surface area contributed by atoms with E-state index >= 15 is 0 Å². The molecule has 5 nitrogen and oxygen atoms in total. The molecule has 0 spiro atoms. The first-order valence-electron chi connectivity index (χ1n) is 6.02. The Morgan fingerprint density at radius 3 is 2.15 bits per heavy atom. The van der Waals surface area contributed by atoms with E-state index in [4.69, 9.17) is 0 Å². The normalized spacial score (nSPS) is 10.3. The molecule has 0 saturated carbocycles. The summed E-state index contributed by atoms with van der Waals surface area (Å²) in [6, 6.07) is 7.25. The number of amides is 1. The number of rotatable bonds is 2. The van der Waals surface area contributed by atoms with Gasteiger partial charge in [-0.05, 0) is 49.2 Å². The van der Waals surface area contributed by atoms with Crippen LogP contribution in [0, 0.1) is 13.8 Å². The van der Waals surface area contributed by atoms with Crippen LogP contribution in [0.15, 0.2) is 30.3 Å². The summed E-state index contributed by atoms with van der Waals surface area (Å²) >= 11 is 0. The summed E-state index contributed by atoms with van der Waals surface area (Å²) in [5.74, 6) is -1.06. The fourth-order valence-electron chi connectivity index (χ4n) is 1.88. The minimum Gasteiger partial charge on any atom is -0.508 e. The maximum atomic E-state index is 12.1. The van der Waals surface area contributed by atoms with E-state index < -0.39 is 5.91 Å². The molecule has 0 aromatic heterocycles. The van der Waals surface area contributed by atoms with Gasteiger partial charge in [0.25, 0.3) is 5.91 Å². The summed E-state index contributed by atoms with van der Waals surface area (Å²) in [4.78, 5) is 12.1. The zero-order chi connectivity index (χ0) is 14.9. The van der Waals surface area contributed by atoms with Crippen LogP contribution in [0.2, 0.25) is 0 Å². The minimum atomic E-state index is -0.617. The lowest BCUT2D eigenvalue weighted by molar-refractivity contribution is 0.102. The molecule has 0 unspecified atom stereocenters. The highest BCUT2D eigenvalue weighted by atomic mass is 16.3. The van der Waals surface area contributed by atoms with Crippen LogP contribution in [0.25, 0.3) is 0 Å². The van der Waals surface area contributed by atoms with Crippen LogP contribution in [0.5, 0.6) is 17.2 Å². The highest BCUT2D eigenvalue weighted by Crippen LogP contribution is 2.29. The number of phenolic OH excluding ortho intramolecular Hbond substituents is 3. The number of carbonyl (C=O) groups is 1. The van der Waals surface area contributed by atoms with E-state index in [1.165, 1.54) is 24.3 Å². The van der Waals surface area contributed by atoms with E-state index in [1.54, 1.807) is 19.9 Å². The lowest BCUT2D eigenvalue weighted by Crippen LogP contribution is -2.13. The number of aromatic hydroxyl groups is 3. The van der Waals surface area contributed by atoms with Gasteiger partial charge in [-0.25, -0.2) is 0 Å². The molecule has 0 atom stereocenters. The molecule has 2 aromatic carbocycles. The number of benzene rings is 2. The number of phenols is 3. The van der Waals surface area contributed by atoms with Gasteiger partial charge in [0.05, 0.1) is 0 Å². The van der Waals surface area contributed by atoms with Crippen molar-refractivity contribution in [2.45, 2.75) is 13.8 Å². The van der Waals surface area contributed by atoms with Gasteiger partial charge >= 0.3 is 0 Å². The Labute approximate surface area is 116 Å². The highest BCUT2D eigenvalue weighted by Gasteiger charge is 2.17. The van der Waals surface area contributed by atoms with Gasteiger partial charge in [-0.15, -0.1) is 0 Å². The van der Waals surface area contributed by atoms with Crippen molar-refractivity contribution in [2.75, 3.05) is 5.32 Å². The lowest BCUT2D eigenvalue weighted by Gasteiger charge is -2.12. The van der Waals surface area contributed by atoms with Crippen LogP contribution in [-0.2, 0) is 0 Å². The Morgan fingerprint density at radius 1 is 0.950 bits per heavy atom. The average molecular weight is 273 g/mol. The predicted octanol–water partition coefficient (Wildman–Crippen LogP) is 2.67. The van der Waals surface area contributed by atoms with Crippen LogP contribution >= 0.6 is 0 Å². The van der Waals surface area contributed by atoms with Crippen LogP contribution in [0.4, 0.5) is 5.69 Å². The number of carbonyl (C=O) groups excluding carboxylic acids is 1. The molecule has 2 aromatic rings. The van der Waals surface area contributed by atoms with E-state index in [1.807, 2.05) is 0 Å². The summed E-state index contributed by atoms with van der Waals surface area (Å²) in [5.41, 5.74) is 1.62. The second-order valence-electron chi connectivity index (χ2n) is 4.58. The summed E-state index contributed by atoms with van der Waals surface area (Å²) < 4.78 is 0. The Hall–Kier alpha value is -2.69. The van der Waals surface area contributed by atoms with Gasteiger partial charge in [-0.2, -0.15) is 0 Å². The fraction of sp³-hybridized carbons (Fsp3) is 0.133. The third-order valence-electron chi connectivity index (χ3n) is 3.04. The zero-order valence-corrected chi connectivity index (χ0v) is 11.1. The summed E-state index contributed by atoms with van der Waals surface area (Å²) in [6.45, 7) is 3.45. The van der Waals surface area contributed by atoms with E-state index in [0.717, 1.165) is 0 Å². The second-order valence-corrected chi connectivity index (χ2v) is 4.58. The first-order chi connectivity index (χ1) is 9.40. The van der Waals surface area contributed by atoms with Crippen LogP contribution in [0.3, 0.4) is 0 Å². The molecular formula is C15H15NO4. The van der Waals surface area contributed by atoms with Gasteiger partial charge in [0, 0.05) is 5.69 Å². The predicted molar refractivity (Wildman–Crippen MR) is 75.3 cm³/mol. The van der Waals surface area contributed by atoms with Gasteiger partial charge in [-0.3, -0.25) is 4.79 Å². The quantitative estimate of drug-likeness (QED) is 0.633. The van der Waals surface area contributed by atoms with Crippen LogP contribution in [-0.4, -0.2) is 21.2 Å². The Bertz CT molecular complexity index is 660. The van der Waals surface area contributed by atoms with Crippen molar-refractivity contribution in [3.8, 4) is 17.2 Å². The van der Waals surface area contributed by atoms with Gasteiger partial charge < -0.3 is 20.6 Å². The fourth-order valence-corrected chi connectivity index (χ4v) is 1.88. The first kappa shape index (κ1) is 13.7. The number of nitrogens with one attached hydrogen (secondary N) is 1. The molecular weight excluding hydrogens is 258 g/mol. The van der Waals surface area contributed by atoms with Gasteiger partial charge in [0.2, 0.25) is 0 Å². The zero-order valence-electron chi connectivity index (χ0n) is 11.1. The standard InChI is InChI=1S/C15H15NO4/c1-8-7-13(19)9(2)6-10(8)16-15(20)14-11(17)4-3-5-12(14)18/h3-7,17-19H,1-2H3,(H,16,20). The monoisotopic (exact) mass is 273 g/mol. The number of aryl methyl sites for hydroxylation is 2. The summed E-state index contributed by atoms with van der Waals surface area (Å²) in [7, 11) is 0. The summed E-state index contributed by atoms with van der Waals surface area (Å²) in [5, 5.41) is 31.5. The molecule has 1 amide bonds.